The van der Waals surface area contributed by atoms with Gasteiger partial charge in [-0.3, -0.25) is 4.79 Å². The zero-order valence-electron chi connectivity index (χ0n) is 15.0. The summed E-state index contributed by atoms with van der Waals surface area (Å²) in [5.74, 6) is 0.0377. The fourth-order valence-corrected chi connectivity index (χ4v) is 2.51. The van der Waals surface area contributed by atoms with Gasteiger partial charge in [-0.05, 0) is 43.2 Å². The lowest BCUT2D eigenvalue weighted by Crippen LogP contribution is -2.28. The molecule has 0 radical (unpaired) electrons. The standard InChI is InChI=1S/C21H26N2O/c1-5-23(16-19-9-12-20(13-10-19)22(3)4)21(24)14-11-18-8-6-7-17(2)15-18/h6-15H,5,16H2,1-4H3/b14-11+. The van der Waals surface area contributed by atoms with Gasteiger partial charge >= 0.3 is 0 Å². The lowest BCUT2D eigenvalue weighted by molar-refractivity contribution is -0.126. The topological polar surface area (TPSA) is 23.6 Å². The Kier molecular flexibility index (Phi) is 6.19. The molecule has 2 rings (SSSR count). The van der Waals surface area contributed by atoms with Crippen LogP contribution in [0.25, 0.3) is 6.08 Å². The number of amides is 1. The number of nitrogens with zero attached hydrogens (tertiary/aromatic N) is 2. The summed E-state index contributed by atoms with van der Waals surface area (Å²) in [5.41, 5.74) is 4.54. The van der Waals surface area contributed by atoms with Crippen LogP contribution in [0.3, 0.4) is 0 Å². The number of hydrogen-bond acceptors (Lipinski definition) is 2. The molecule has 0 aromatic heterocycles. The Balaban J connectivity index is 2.03. The minimum Gasteiger partial charge on any atom is -0.378 e. The van der Waals surface area contributed by atoms with E-state index >= 15 is 0 Å². The van der Waals surface area contributed by atoms with Gasteiger partial charge in [-0.1, -0.05) is 42.0 Å². The van der Waals surface area contributed by atoms with Crippen molar-refractivity contribution in [2.45, 2.75) is 20.4 Å². The normalized spacial score (nSPS) is 10.8. The van der Waals surface area contributed by atoms with Crippen molar-refractivity contribution in [2.75, 3.05) is 25.5 Å². The second-order valence-electron chi connectivity index (χ2n) is 6.16. The van der Waals surface area contributed by atoms with Crippen LogP contribution < -0.4 is 4.90 Å². The zero-order valence-corrected chi connectivity index (χ0v) is 15.0. The van der Waals surface area contributed by atoms with Crippen LogP contribution in [0.5, 0.6) is 0 Å². The fourth-order valence-electron chi connectivity index (χ4n) is 2.51. The highest BCUT2D eigenvalue weighted by atomic mass is 16.2. The van der Waals surface area contributed by atoms with Gasteiger partial charge < -0.3 is 9.80 Å². The molecule has 126 valence electrons. The van der Waals surface area contributed by atoms with E-state index in [2.05, 4.69) is 48.2 Å². The highest BCUT2D eigenvalue weighted by molar-refractivity contribution is 5.91. The summed E-state index contributed by atoms with van der Waals surface area (Å²) in [7, 11) is 4.04. The van der Waals surface area contributed by atoms with Crippen molar-refractivity contribution in [1.29, 1.82) is 0 Å². The smallest absolute Gasteiger partial charge is 0.246 e. The molecule has 0 heterocycles. The molecular formula is C21H26N2O. The number of carbonyl (C=O) groups excluding carboxylic acids is 1. The average molecular weight is 322 g/mol. The van der Waals surface area contributed by atoms with Crippen molar-refractivity contribution < 1.29 is 4.79 Å². The number of benzene rings is 2. The second-order valence-corrected chi connectivity index (χ2v) is 6.16. The molecule has 1 amide bonds. The van der Waals surface area contributed by atoms with E-state index in [0.717, 1.165) is 16.8 Å². The third-order valence-corrected chi connectivity index (χ3v) is 3.98. The molecule has 24 heavy (non-hydrogen) atoms. The Bertz CT molecular complexity index is 702. The number of likely N-dealkylation sites (N-methyl/N-ethyl adjacent to an activating group) is 1. The van der Waals surface area contributed by atoms with Crippen molar-refractivity contribution >= 4 is 17.7 Å². The first kappa shape index (κ1) is 17.8. The Morgan fingerprint density at radius 1 is 1.08 bits per heavy atom. The zero-order chi connectivity index (χ0) is 17.5. The van der Waals surface area contributed by atoms with Crippen molar-refractivity contribution in [3.05, 3.63) is 71.3 Å². The molecule has 2 aromatic rings. The van der Waals surface area contributed by atoms with E-state index in [0.29, 0.717) is 13.1 Å². The lowest BCUT2D eigenvalue weighted by Gasteiger charge is -2.20. The van der Waals surface area contributed by atoms with Gasteiger partial charge in [0.2, 0.25) is 5.91 Å². The molecule has 0 aliphatic rings. The van der Waals surface area contributed by atoms with Gasteiger partial charge in [0.15, 0.2) is 0 Å². The number of rotatable bonds is 6. The maximum absolute atomic E-state index is 12.4. The van der Waals surface area contributed by atoms with Crippen LogP contribution in [-0.2, 0) is 11.3 Å². The van der Waals surface area contributed by atoms with E-state index in [-0.39, 0.29) is 5.91 Å². The summed E-state index contributed by atoms with van der Waals surface area (Å²) in [6, 6.07) is 16.4. The van der Waals surface area contributed by atoms with Gasteiger partial charge in [-0.15, -0.1) is 0 Å². The average Bonchev–Trinajstić information content (AvgIpc) is 2.58. The molecule has 0 fully saturated rings. The van der Waals surface area contributed by atoms with Gasteiger partial charge in [0, 0.05) is 38.9 Å². The maximum Gasteiger partial charge on any atom is 0.246 e. The third-order valence-electron chi connectivity index (χ3n) is 3.98. The molecule has 3 nitrogen and oxygen atoms in total. The molecule has 3 heteroatoms. The molecule has 0 spiro atoms. The minimum atomic E-state index is 0.0377. The second kappa shape index (κ2) is 8.34. The first-order valence-corrected chi connectivity index (χ1v) is 8.29. The molecule has 0 aliphatic carbocycles. The minimum absolute atomic E-state index is 0.0377. The quantitative estimate of drug-likeness (QED) is 0.747. The van der Waals surface area contributed by atoms with Crippen molar-refractivity contribution in [1.82, 2.24) is 4.90 Å². The predicted octanol–water partition coefficient (Wildman–Crippen LogP) is 4.12. The van der Waals surface area contributed by atoms with Crippen molar-refractivity contribution in [3.63, 3.8) is 0 Å². The molecule has 0 bridgehead atoms. The highest BCUT2D eigenvalue weighted by Crippen LogP contribution is 2.14. The number of carbonyl (C=O) groups is 1. The molecule has 0 unspecified atom stereocenters. The van der Waals surface area contributed by atoms with Gasteiger partial charge in [0.05, 0.1) is 0 Å². The molecule has 0 atom stereocenters. The van der Waals surface area contributed by atoms with E-state index in [9.17, 15) is 4.79 Å². The summed E-state index contributed by atoms with van der Waals surface area (Å²) in [6.45, 7) is 5.37. The van der Waals surface area contributed by atoms with Crippen LogP contribution in [0.1, 0.15) is 23.6 Å². The Labute approximate surface area is 145 Å². The van der Waals surface area contributed by atoms with Crippen molar-refractivity contribution in [2.24, 2.45) is 0 Å². The summed E-state index contributed by atoms with van der Waals surface area (Å²) in [4.78, 5) is 16.4. The Morgan fingerprint density at radius 3 is 2.38 bits per heavy atom. The van der Waals surface area contributed by atoms with Gasteiger partial charge in [-0.25, -0.2) is 0 Å². The SMILES string of the molecule is CCN(Cc1ccc(N(C)C)cc1)C(=O)/C=C/c1cccc(C)c1. The van der Waals surface area contributed by atoms with E-state index in [1.807, 2.05) is 44.1 Å². The van der Waals surface area contributed by atoms with Crippen LogP contribution in [0.4, 0.5) is 5.69 Å². The van der Waals surface area contributed by atoms with E-state index in [4.69, 9.17) is 0 Å². The summed E-state index contributed by atoms with van der Waals surface area (Å²) >= 11 is 0. The maximum atomic E-state index is 12.4. The van der Waals surface area contributed by atoms with Crippen LogP contribution in [0, 0.1) is 6.92 Å². The summed E-state index contributed by atoms with van der Waals surface area (Å²) in [6.07, 6.45) is 3.54. The van der Waals surface area contributed by atoms with E-state index in [1.165, 1.54) is 5.56 Å². The molecule has 0 aliphatic heterocycles. The van der Waals surface area contributed by atoms with Crippen LogP contribution in [0.2, 0.25) is 0 Å². The van der Waals surface area contributed by atoms with Gasteiger partial charge in [0.1, 0.15) is 0 Å². The first-order valence-electron chi connectivity index (χ1n) is 8.29. The fraction of sp³-hybridized carbons (Fsp3) is 0.286. The highest BCUT2D eigenvalue weighted by Gasteiger charge is 2.09. The monoisotopic (exact) mass is 322 g/mol. The molecule has 0 N–H and O–H groups in total. The van der Waals surface area contributed by atoms with Crippen LogP contribution in [-0.4, -0.2) is 31.4 Å². The molecular weight excluding hydrogens is 296 g/mol. The van der Waals surface area contributed by atoms with E-state index < -0.39 is 0 Å². The largest absolute Gasteiger partial charge is 0.378 e. The van der Waals surface area contributed by atoms with E-state index in [1.54, 1.807) is 6.08 Å². The Morgan fingerprint density at radius 2 is 1.79 bits per heavy atom. The third kappa shape index (κ3) is 4.98. The summed E-state index contributed by atoms with van der Waals surface area (Å²) in [5, 5.41) is 0. The Hall–Kier alpha value is -2.55. The lowest BCUT2D eigenvalue weighted by atomic mass is 10.1. The number of hydrogen-bond donors (Lipinski definition) is 0. The van der Waals surface area contributed by atoms with Gasteiger partial charge in [0.25, 0.3) is 0 Å². The molecule has 0 saturated carbocycles. The molecule has 2 aromatic carbocycles. The first-order chi connectivity index (χ1) is 11.5. The number of aryl methyl sites for hydroxylation is 1. The van der Waals surface area contributed by atoms with Crippen molar-refractivity contribution in [3.8, 4) is 0 Å². The number of anilines is 1. The predicted molar refractivity (Wildman–Crippen MR) is 102 cm³/mol. The molecule has 0 saturated heterocycles. The van der Waals surface area contributed by atoms with Gasteiger partial charge in [-0.2, -0.15) is 0 Å². The van der Waals surface area contributed by atoms with Crippen LogP contribution in [0.15, 0.2) is 54.6 Å². The van der Waals surface area contributed by atoms with Crippen LogP contribution >= 0.6 is 0 Å². The summed E-state index contributed by atoms with van der Waals surface area (Å²) < 4.78 is 0.